The standard InChI is InChI=1S/C20H19N3O8/c1-29-8-6-21-20(28)22-16(24)11-31-19(27)12-4-5-14-15(9-12)18(26)23(17(14)25)10-13-3-2-7-30-13/h2-5,7,9H,6,8,10-11H2,1H3,(H2,21,22,24,28). The zero-order valence-corrected chi connectivity index (χ0v) is 16.5. The van der Waals surface area contributed by atoms with Crippen LogP contribution in [0, 0.1) is 0 Å². The molecule has 0 saturated carbocycles. The Bertz CT molecular complexity index is 1020. The highest BCUT2D eigenvalue weighted by atomic mass is 16.5. The number of carbonyl (C=O) groups is 5. The lowest BCUT2D eigenvalue weighted by molar-refractivity contribution is -0.123. The average Bonchev–Trinajstić information content (AvgIpc) is 3.35. The molecule has 31 heavy (non-hydrogen) atoms. The SMILES string of the molecule is COCCNC(=O)NC(=O)COC(=O)c1ccc2c(c1)C(=O)N(Cc1ccco1)C2=O. The molecule has 0 spiro atoms. The van der Waals surface area contributed by atoms with Gasteiger partial charge in [-0.1, -0.05) is 0 Å². The summed E-state index contributed by atoms with van der Waals surface area (Å²) in [5, 5.41) is 4.36. The van der Waals surface area contributed by atoms with Crippen molar-refractivity contribution in [3.05, 3.63) is 59.0 Å². The van der Waals surface area contributed by atoms with E-state index in [4.69, 9.17) is 13.9 Å². The van der Waals surface area contributed by atoms with Gasteiger partial charge in [0.1, 0.15) is 5.76 Å². The van der Waals surface area contributed by atoms with E-state index in [1.54, 1.807) is 12.1 Å². The Morgan fingerprint density at radius 2 is 1.87 bits per heavy atom. The van der Waals surface area contributed by atoms with Crippen molar-refractivity contribution >= 4 is 29.7 Å². The Morgan fingerprint density at radius 3 is 2.58 bits per heavy atom. The van der Waals surface area contributed by atoms with Crippen molar-refractivity contribution in [1.29, 1.82) is 0 Å². The molecule has 162 valence electrons. The molecule has 3 rings (SSSR count). The number of fused-ring (bicyclic) bond motifs is 1. The van der Waals surface area contributed by atoms with Gasteiger partial charge in [0.2, 0.25) is 0 Å². The maximum absolute atomic E-state index is 12.6. The highest BCUT2D eigenvalue weighted by molar-refractivity contribution is 6.21. The van der Waals surface area contributed by atoms with Crippen LogP contribution in [-0.2, 0) is 20.8 Å². The predicted molar refractivity (Wildman–Crippen MR) is 103 cm³/mol. The van der Waals surface area contributed by atoms with Crippen LogP contribution in [0.15, 0.2) is 41.0 Å². The number of ether oxygens (including phenoxy) is 2. The van der Waals surface area contributed by atoms with Crippen LogP contribution in [0.3, 0.4) is 0 Å². The van der Waals surface area contributed by atoms with Crippen molar-refractivity contribution in [2.75, 3.05) is 26.9 Å². The Labute approximate surface area is 176 Å². The van der Waals surface area contributed by atoms with Crippen molar-refractivity contribution < 1.29 is 37.9 Å². The number of imide groups is 2. The second kappa shape index (κ2) is 9.67. The number of benzene rings is 1. The number of amides is 5. The lowest BCUT2D eigenvalue weighted by Gasteiger charge is -2.11. The molecule has 11 heteroatoms. The largest absolute Gasteiger partial charge is 0.467 e. The Morgan fingerprint density at radius 1 is 1.10 bits per heavy atom. The number of hydrogen-bond donors (Lipinski definition) is 2. The predicted octanol–water partition coefficient (Wildman–Crippen LogP) is 0.705. The normalized spacial score (nSPS) is 12.5. The maximum Gasteiger partial charge on any atom is 0.338 e. The molecule has 0 radical (unpaired) electrons. The van der Waals surface area contributed by atoms with Gasteiger partial charge in [0, 0.05) is 13.7 Å². The van der Waals surface area contributed by atoms with Crippen molar-refractivity contribution in [3.8, 4) is 0 Å². The molecule has 1 aliphatic heterocycles. The summed E-state index contributed by atoms with van der Waals surface area (Å²) in [4.78, 5) is 61.5. The van der Waals surface area contributed by atoms with Gasteiger partial charge in [0.05, 0.1) is 36.1 Å². The number of rotatable bonds is 8. The Hall–Kier alpha value is -3.99. The molecule has 0 bridgehead atoms. The van der Waals surface area contributed by atoms with Crippen LogP contribution in [0.5, 0.6) is 0 Å². The van der Waals surface area contributed by atoms with E-state index in [0.29, 0.717) is 5.76 Å². The lowest BCUT2D eigenvalue weighted by atomic mass is 10.1. The molecule has 0 unspecified atom stereocenters. The molecule has 2 N–H and O–H groups in total. The van der Waals surface area contributed by atoms with Crippen molar-refractivity contribution in [2.45, 2.75) is 6.54 Å². The molecule has 2 aromatic rings. The van der Waals surface area contributed by atoms with Gasteiger partial charge >= 0.3 is 12.0 Å². The minimum Gasteiger partial charge on any atom is -0.467 e. The summed E-state index contributed by atoms with van der Waals surface area (Å²) in [6.07, 6.45) is 1.43. The first-order valence-corrected chi connectivity index (χ1v) is 9.17. The summed E-state index contributed by atoms with van der Waals surface area (Å²) in [6, 6.07) is 6.41. The van der Waals surface area contributed by atoms with Crippen LogP contribution < -0.4 is 10.6 Å². The summed E-state index contributed by atoms with van der Waals surface area (Å²) in [6.45, 7) is -0.264. The summed E-state index contributed by atoms with van der Waals surface area (Å²) >= 11 is 0. The van der Waals surface area contributed by atoms with Crippen LogP contribution in [0.1, 0.15) is 36.8 Å². The molecule has 0 saturated heterocycles. The first-order chi connectivity index (χ1) is 14.9. The zero-order chi connectivity index (χ0) is 22.4. The highest BCUT2D eigenvalue weighted by Gasteiger charge is 2.36. The van der Waals surface area contributed by atoms with Crippen molar-refractivity contribution in [3.63, 3.8) is 0 Å². The van der Waals surface area contributed by atoms with E-state index in [-0.39, 0.29) is 36.4 Å². The number of urea groups is 1. The second-order valence-corrected chi connectivity index (χ2v) is 6.41. The van der Waals surface area contributed by atoms with Gasteiger partial charge in [-0.05, 0) is 30.3 Å². The minimum absolute atomic E-state index is 0.0166. The average molecular weight is 429 g/mol. The first-order valence-electron chi connectivity index (χ1n) is 9.17. The van der Waals surface area contributed by atoms with E-state index < -0.39 is 36.3 Å². The number of carbonyl (C=O) groups excluding carboxylic acids is 5. The summed E-state index contributed by atoms with van der Waals surface area (Å²) < 4.78 is 14.8. The number of hydrogen-bond acceptors (Lipinski definition) is 8. The number of methoxy groups -OCH3 is 1. The smallest absolute Gasteiger partial charge is 0.338 e. The van der Waals surface area contributed by atoms with E-state index in [1.165, 1.54) is 31.6 Å². The Balaban J connectivity index is 1.58. The van der Waals surface area contributed by atoms with Crippen LogP contribution >= 0.6 is 0 Å². The van der Waals surface area contributed by atoms with Crippen LogP contribution in [0.25, 0.3) is 0 Å². The fourth-order valence-electron chi connectivity index (χ4n) is 2.81. The number of nitrogens with one attached hydrogen (secondary N) is 2. The van der Waals surface area contributed by atoms with Crippen LogP contribution in [0.2, 0.25) is 0 Å². The molecule has 2 heterocycles. The van der Waals surface area contributed by atoms with E-state index in [2.05, 4.69) is 5.32 Å². The zero-order valence-electron chi connectivity index (χ0n) is 16.5. The fourth-order valence-corrected chi connectivity index (χ4v) is 2.81. The lowest BCUT2D eigenvalue weighted by Crippen LogP contribution is -2.42. The molecule has 11 nitrogen and oxygen atoms in total. The third kappa shape index (κ3) is 5.14. The molecule has 5 amide bonds. The molecular formula is C20H19N3O8. The van der Waals surface area contributed by atoms with Gasteiger partial charge in [-0.2, -0.15) is 0 Å². The molecule has 0 aliphatic carbocycles. The molecule has 0 fully saturated rings. The second-order valence-electron chi connectivity index (χ2n) is 6.41. The topological polar surface area (TPSA) is 144 Å². The van der Waals surface area contributed by atoms with E-state index in [9.17, 15) is 24.0 Å². The molecular weight excluding hydrogens is 410 g/mol. The molecule has 1 aliphatic rings. The summed E-state index contributed by atoms with van der Waals surface area (Å²) in [5.74, 6) is -2.36. The number of nitrogens with zero attached hydrogens (tertiary/aromatic N) is 1. The fraction of sp³-hybridized carbons (Fsp3) is 0.250. The summed E-state index contributed by atoms with van der Waals surface area (Å²) in [5.41, 5.74) is 0.184. The third-order valence-electron chi connectivity index (χ3n) is 4.28. The van der Waals surface area contributed by atoms with E-state index in [0.717, 1.165) is 4.90 Å². The summed E-state index contributed by atoms with van der Waals surface area (Å²) in [7, 11) is 1.46. The van der Waals surface area contributed by atoms with Crippen molar-refractivity contribution in [2.24, 2.45) is 0 Å². The quantitative estimate of drug-likeness (QED) is 0.355. The van der Waals surface area contributed by atoms with Gasteiger partial charge in [-0.25, -0.2) is 9.59 Å². The number of esters is 1. The minimum atomic E-state index is -0.887. The first kappa shape index (κ1) is 21.7. The van der Waals surface area contributed by atoms with Crippen LogP contribution in [0.4, 0.5) is 4.79 Å². The Kier molecular flexibility index (Phi) is 6.78. The molecule has 1 aromatic carbocycles. The van der Waals surface area contributed by atoms with Gasteiger partial charge in [-0.3, -0.25) is 24.6 Å². The molecule has 1 aromatic heterocycles. The van der Waals surface area contributed by atoms with Gasteiger partial charge in [0.25, 0.3) is 17.7 Å². The van der Waals surface area contributed by atoms with Crippen molar-refractivity contribution in [1.82, 2.24) is 15.5 Å². The highest BCUT2D eigenvalue weighted by Crippen LogP contribution is 2.26. The van der Waals surface area contributed by atoms with Gasteiger partial charge < -0.3 is 19.2 Å². The van der Waals surface area contributed by atoms with Gasteiger partial charge in [-0.15, -0.1) is 0 Å². The van der Waals surface area contributed by atoms with E-state index >= 15 is 0 Å². The number of furan rings is 1. The van der Waals surface area contributed by atoms with E-state index in [1.807, 2.05) is 5.32 Å². The van der Waals surface area contributed by atoms with Crippen LogP contribution in [-0.4, -0.2) is 61.5 Å². The monoisotopic (exact) mass is 429 g/mol. The van der Waals surface area contributed by atoms with Gasteiger partial charge in [0.15, 0.2) is 6.61 Å². The third-order valence-corrected chi connectivity index (χ3v) is 4.28. The molecule has 0 atom stereocenters. The maximum atomic E-state index is 12.6.